The molecule has 7 heteroatoms. The molecular formula is C14H16F2N4O. The van der Waals surface area contributed by atoms with Crippen LogP contribution >= 0.6 is 0 Å². The molecule has 2 rings (SSSR count). The van der Waals surface area contributed by atoms with Gasteiger partial charge in [0.05, 0.1) is 12.6 Å². The predicted molar refractivity (Wildman–Crippen MR) is 76.6 cm³/mol. The summed E-state index contributed by atoms with van der Waals surface area (Å²) in [7, 11) is 0. The maximum Gasteiger partial charge on any atom is 0.178 e. The number of anilines is 2. The molecule has 1 aromatic heterocycles. The highest BCUT2D eigenvalue weighted by molar-refractivity contribution is 5.47. The lowest BCUT2D eigenvalue weighted by atomic mass is 10.1. The first-order valence-electron chi connectivity index (χ1n) is 6.38. The molecule has 0 spiro atoms. The SMILES string of the molecule is NNc1nc(NC(CO)Cc2ccccc2)c(F)cc1F. The Balaban J connectivity index is 2.15. The lowest BCUT2D eigenvalue weighted by Crippen LogP contribution is -2.28. The lowest BCUT2D eigenvalue weighted by Gasteiger charge is -2.18. The Morgan fingerprint density at radius 1 is 1.14 bits per heavy atom. The molecule has 0 aliphatic rings. The van der Waals surface area contributed by atoms with Crippen molar-refractivity contribution in [2.45, 2.75) is 12.5 Å². The molecule has 0 saturated heterocycles. The smallest absolute Gasteiger partial charge is 0.178 e. The van der Waals surface area contributed by atoms with E-state index in [1.54, 1.807) is 0 Å². The molecule has 0 aliphatic heterocycles. The standard InChI is InChI=1S/C14H16F2N4O/c15-11-7-12(16)14(20-17)19-13(11)18-10(8-21)6-9-4-2-1-3-5-9/h1-5,7,10,21H,6,8,17H2,(H2,18,19,20). The number of nitrogens with zero attached hydrogens (tertiary/aromatic N) is 1. The summed E-state index contributed by atoms with van der Waals surface area (Å²) in [5.74, 6) is 2.93. The number of aliphatic hydroxyl groups excluding tert-OH is 1. The van der Waals surface area contributed by atoms with Crippen molar-refractivity contribution in [2.24, 2.45) is 5.84 Å². The van der Waals surface area contributed by atoms with Gasteiger partial charge in [0.15, 0.2) is 23.3 Å². The fourth-order valence-electron chi connectivity index (χ4n) is 1.92. The van der Waals surface area contributed by atoms with Crippen LogP contribution < -0.4 is 16.6 Å². The average molecular weight is 294 g/mol. The van der Waals surface area contributed by atoms with E-state index >= 15 is 0 Å². The van der Waals surface area contributed by atoms with Gasteiger partial charge in [-0.05, 0) is 12.0 Å². The minimum absolute atomic E-state index is 0.167. The number of hydrazine groups is 1. The largest absolute Gasteiger partial charge is 0.394 e. The molecule has 0 aliphatic carbocycles. The minimum Gasteiger partial charge on any atom is -0.394 e. The van der Waals surface area contributed by atoms with Gasteiger partial charge >= 0.3 is 0 Å². The number of aromatic nitrogens is 1. The monoisotopic (exact) mass is 294 g/mol. The van der Waals surface area contributed by atoms with Crippen molar-refractivity contribution in [1.29, 1.82) is 0 Å². The number of hydrogen-bond acceptors (Lipinski definition) is 5. The summed E-state index contributed by atoms with van der Waals surface area (Å²) in [6.45, 7) is -0.223. The van der Waals surface area contributed by atoms with Crippen LogP contribution in [0.4, 0.5) is 20.4 Å². The summed E-state index contributed by atoms with van der Waals surface area (Å²) < 4.78 is 27.0. The minimum atomic E-state index is -0.885. The van der Waals surface area contributed by atoms with E-state index in [9.17, 15) is 13.9 Å². The second kappa shape index (κ2) is 6.96. The van der Waals surface area contributed by atoms with Gasteiger partial charge in [-0.1, -0.05) is 30.3 Å². The molecule has 1 unspecified atom stereocenters. The van der Waals surface area contributed by atoms with Gasteiger partial charge in [-0.3, -0.25) is 0 Å². The summed E-state index contributed by atoms with van der Waals surface area (Å²) >= 11 is 0. The van der Waals surface area contributed by atoms with E-state index in [1.165, 1.54) is 0 Å². The van der Waals surface area contributed by atoms with Crippen molar-refractivity contribution < 1.29 is 13.9 Å². The van der Waals surface area contributed by atoms with Gasteiger partial charge in [-0.2, -0.15) is 0 Å². The molecule has 2 aromatic rings. The molecule has 21 heavy (non-hydrogen) atoms. The first kappa shape index (κ1) is 15.1. The van der Waals surface area contributed by atoms with E-state index in [4.69, 9.17) is 5.84 Å². The van der Waals surface area contributed by atoms with E-state index in [0.717, 1.165) is 5.56 Å². The summed E-state index contributed by atoms with van der Waals surface area (Å²) in [6.07, 6.45) is 0.473. The fourth-order valence-corrected chi connectivity index (χ4v) is 1.92. The van der Waals surface area contributed by atoms with Gasteiger partial charge in [-0.25, -0.2) is 19.6 Å². The number of benzene rings is 1. The highest BCUT2D eigenvalue weighted by Crippen LogP contribution is 2.19. The molecule has 0 amide bonds. The van der Waals surface area contributed by atoms with Crippen LogP contribution in [-0.2, 0) is 6.42 Å². The van der Waals surface area contributed by atoms with Crippen LogP contribution in [0.1, 0.15) is 5.56 Å². The number of pyridine rings is 1. The van der Waals surface area contributed by atoms with Crippen molar-refractivity contribution in [1.82, 2.24) is 4.98 Å². The Labute approximate surface area is 120 Å². The normalized spacial score (nSPS) is 12.0. The van der Waals surface area contributed by atoms with Gasteiger partial charge in [-0.15, -0.1) is 0 Å². The number of halogens is 2. The summed E-state index contributed by atoms with van der Waals surface area (Å²) in [4.78, 5) is 3.71. The van der Waals surface area contributed by atoms with Crippen LogP contribution in [0.15, 0.2) is 36.4 Å². The molecule has 0 bridgehead atoms. The van der Waals surface area contributed by atoms with E-state index in [2.05, 4.69) is 10.3 Å². The van der Waals surface area contributed by atoms with E-state index in [0.29, 0.717) is 12.5 Å². The highest BCUT2D eigenvalue weighted by Gasteiger charge is 2.15. The Hall–Kier alpha value is -2.25. The number of nitrogen functional groups attached to an aromatic ring is 1. The van der Waals surface area contributed by atoms with Crippen molar-refractivity contribution in [3.05, 3.63) is 53.6 Å². The second-order valence-corrected chi connectivity index (χ2v) is 4.51. The first-order valence-corrected chi connectivity index (χ1v) is 6.38. The average Bonchev–Trinajstić information content (AvgIpc) is 2.50. The second-order valence-electron chi connectivity index (χ2n) is 4.51. The molecule has 1 aromatic carbocycles. The van der Waals surface area contributed by atoms with Crippen LogP contribution in [0, 0.1) is 11.6 Å². The van der Waals surface area contributed by atoms with Crippen molar-refractivity contribution in [3.63, 3.8) is 0 Å². The fraction of sp³-hybridized carbons (Fsp3) is 0.214. The maximum atomic E-state index is 13.7. The van der Waals surface area contributed by atoms with Crippen LogP contribution in [-0.4, -0.2) is 22.7 Å². The highest BCUT2D eigenvalue weighted by atomic mass is 19.1. The molecule has 0 radical (unpaired) electrons. The Kier molecular flexibility index (Phi) is 5.02. The van der Waals surface area contributed by atoms with Gasteiger partial charge in [0, 0.05) is 6.07 Å². The van der Waals surface area contributed by atoms with E-state index in [1.807, 2.05) is 35.8 Å². The van der Waals surface area contributed by atoms with Crippen molar-refractivity contribution >= 4 is 11.6 Å². The molecule has 0 saturated carbocycles. The summed E-state index contributed by atoms with van der Waals surface area (Å²) in [5, 5.41) is 12.1. The molecular weight excluding hydrogens is 278 g/mol. The zero-order valence-electron chi connectivity index (χ0n) is 11.2. The third-order valence-electron chi connectivity index (χ3n) is 2.95. The third kappa shape index (κ3) is 3.87. The number of rotatable bonds is 6. The first-order chi connectivity index (χ1) is 10.1. The quantitative estimate of drug-likeness (QED) is 0.481. The van der Waals surface area contributed by atoms with Crippen molar-refractivity contribution in [2.75, 3.05) is 17.3 Å². The zero-order valence-corrected chi connectivity index (χ0v) is 11.2. The van der Waals surface area contributed by atoms with Crippen LogP contribution in [0.5, 0.6) is 0 Å². The predicted octanol–water partition coefficient (Wildman–Crippen LogP) is 1.66. The van der Waals surface area contributed by atoms with Crippen LogP contribution in [0.2, 0.25) is 0 Å². The number of nitrogens with one attached hydrogen (secondary N) is 2. The maximum absolute atomic E-state index is 13.7. The van der Waals surface area contributed by atoms with Crippen molar-refractivity contribution in [3.8, 4) is 0 Å². The summed E-state index contributed by atoms with van der Waals surface area (Å²) in [5.41, 5.74) is 3.02. The molecule has 5 nitrogen and oxygen atoms in total. The number of nitrogens with two attached hydrogens (primary N) is 1. The third-order valence-corrected chi connectivity index (χ3v) is 2.95. The van der Waals surface area contributed by atoms with Gasteiger partial charge in [0.2, 0.25) is 0 Å². The zero-order chi connectivity index (χ0) is 15.2. The van der Waals surface area contributed by atoms with Gasteiger partial charge in [0.1, 0.15) is 0 Å². The van der Waals surface area contributed by atoms with E-state index in [-0.39, 0.29) is 18.2 Å². The topological polar surface area (TPSA) is 83.2 Å². The molecule has 5 N–H and O–H groups in total. The van der Waals surface area contributed by atoms with Crippen LogP contribution in [0.3, 0.4) is 0 Å². The Morgan fingerprint density at radius 2 is 1.81 bits per heavy atom. The molecule has 0 fully saturated rings. The summed E-state index contributed by atoms with van der Waals surface area (Å²) in [6, 6.07) is 9.64. The van der Waals surface area contributed by atoms with Gasteiger partial charge in [0.25, 0.3) is 0 Å². The molecule has 1 atom stereocenters. The number of hydrogen-bond donors (Lipinski definition) is 4. The number of aliphatic hydroxyl groups is 1. The van der Waals surface area contributed by atoms with Crippen LogP contribution in [0.25, 0.3) is 0 Å². The lowest BCUT2D eigenvalue weighted by molar-refractivity contribution is 0.273. The Bertz CT molecular complexity index is 595. The molecule has 1 heterocycles. The molecule has 112 valence electrons. The Morgan fingerprint density at radius 3 is 2.43 bits per heavy atom. The van der Waals surface area contributed by atoms with E-state index < -0.39 is 17.7 Å². The van der Waals surface area contributed by atoms with Gasteiger partial charge < -0.3 is 15.8 Å².